The first kappa shape index (κ1) is 28.1. The molecule has 0 radical (unpaired) electrons. The number of hydrogen-bond acceptors (Lipinski definition) is 10. The summed E-state index contributed by atoms with van der Waals surface area (Å²) in [4.78, 5) is 23.8. The summed E-state index contributed by atoms with van der Waals surface area (Å²) in [7, 11) is 6.89. The molecule has 0 saturated carbocycles. The number of aromatic nitrogens is 2. The fourth-order valence-corrected chi connectivity index (χ4v) is 4.54. The van der Waals surface area contributed by atoms with Gasteiger partial charge in [-0.3, -0.25) is 4.79 Å². The number of anilines is 1. The van der Waals surface area contributed by atoms with Crippen molar-refractivity contribution in [1.29, 1.82) is 0 Å². The van der Waals surface area contributed by atoms with Crippen LogP contribution in [0.1, 0.15) is 33.3 Å². The Hall–Kier alpha value is -3.96. The molecule has 0 aliphatic rings. The van der Waals surface area contributed by atoms with Crippen LogP contribution >= 0.6 is 11.8 Å². The first-order valence-corrected chi connectivity index (χ1v) is 13.3. The fourth-order valence-electron chi connectivity index (χ4n) is 3.77. The quantitative estimate of drug-likeness (QED) is 0.174. The van der Waals surface area contributed by atoms with Crippen LogP contribution in [0.5, 0.6) is 11.5 Å². The molecule has 0 bridgehead atoms. The average Bonchev–Trinajstić information content (AvgIpc) is 3.66. The summed E-state index contributed by atoms with van der Waals surface area (Å²) < 4.78 is 27.1. The second-order valence-corrected chi connectivity index (χ2v) is 9.55. The first-order valence-electron chi connectivity index (χ1n) is 12.3. The molecule has 206 valence electrons. The van der Waals surface area contributed by atoms with Crippen LogP contribution in [0.25, 0.3) is 0 Å². The Labute approximate surface area is 231 Å². The summed E-state index contributed by atoms with van der Waals surface area (Å²) in [6.07, 6.45) is 2.36. The molecule has 0 unspecified atom stereocenters. The van der Waals surface area contributed by atoms with Crippen LogP contribution < -0.4 is 19.7 Å². The Balaban J connectivity index is 1.37. The number of rotatable bonds is 14. The van der Waals surface area contributed by atoms with Crippen LogP contribution in [0.15, 0.2) is 68.8 Å². The third kappa shape index (κ3) is 7.78. The number of amides is 1. The largest absolute Gasteiger partial charge is 0.493 e. The first-order chi connectivity index (χ1) is 19.0. The normalized spacial score (nSPS) is 10.9. The van der Waals surface area contributed by atoms with Crippen molar-refractivity contribution in [2.24, 2.45) is 0 Å². The number of hydrogen-bond donors (Lipinski definition) is 1. The maximum atomic E-state index is 12.4. The van der Waals surface area contributed by atoms with Crippen molar-refractivity contribution in [3.63, 3.8) is 0 Å². The van der Waals surface area contributed by atoms with Crippen molar-refractivity contribution < 1.29 is 27.8 Å². The topological polar surface area (TPSA) is 112 Å². The highest BCUT2D eigenvalue weighted by molar-refractivity contribution is 7.98. The van der Waals surface area contributed by atoms with E-state index >= 15 is 0 Å². The van der Waals surface area contributed by atoms with E-state index in [4.69, 9.17) is 28.0 Å². The van der Waals surface area contributed by atoms with E-state index in [-0.39, 0.29) is 11.7 Å². The molecule has 3 heterocycles. The van der Waals surface area contributed by atoms with E-state index in [1.807, 2.05) is 31.3 Å². The zero-order valence-corrected chi connectivity index (χ0v) is 23.2. The average molecular weight is 553 g/mol. The number of thioether (sulfide) groups is 1. The molecule has 0 spiro atoms. The van der Waals surface area contributed by atoms with E-state index in [1.165, 1.54) is 11.8 Å². The van der Waals surface area contributed by atoms with E-state index < -0.39 is 0 Å². The van der Waals surface area contributed by atoms with Crippen LogP contribution in [0, 0.1) is 0 Å². The minimum absolute atomic E-state index is 0.238. The van der Waals surface area contributed by atoms with Gasteiger partial charge in [-0.05, 0) is 48.4 Å². The second-order valence-electron chi connectivity index (χ2n) is 8.61. The molecule has 1 aromatic carbocycles. The van der Waals surface area contributed by atoms with Crippen molar-refractivity contribution in [2.45, 2.75) is 30.5 Å². The molecule has 1 N–H and O–H groups in total. The van der Waals surface area contributed by atoms with Gasteiger partial charge in [-0.2, -0.15) is 0 Å². The number of benzene rings is 1. The maximum Gasteiger partial charge on any atom is 0.287 e. The second kappa shape index (κ2) is 13.7. The molecular formula is C28H32N4O6S. The summed E-state index contributed by atoms with van der Waals surface area (Å²) in [6.45, 7) is 1.39. The van der Waals surface area contributed by atoms with Crippen LogP contribution in [0.2, 0.25) is 0 Å². The summed E-state index contributed by atoms with van der Waals surface area (Å²) in [5, 5.41) is 3.37. The van der Waals surface area contributed by atoms with E-state index in [2.05, 4.69) is 15.2 Å². The Morgan fingerprint density at radius 3 is 2.62 bits per heavy atom. The summed E-state index contributed by atoms with van der Waals surface area (Å²) in [5.74, 6) is 3.91. The minimum Gasteiger partial charge on any atom is -0.493 e. The standard InChI is InChI=1S/C28H32N4O6S/c1-32(12-11-19-7-9-23(35-3)25(14-19)36-4)26-15-20(17-34-2)30-28(31-26)39-18-22-8-10-24(38-22)27(33)29-16-21-6-5-13-37-21/h5-10,13-15H,11-12,16-18H2,1-4H3,(H,29,33). The monoisotopic (exact) mass is 552 g/mol. The van der Waals surface area contributed by atoms with Crippen LogP contribution in [-0.2, 0) is 30.1 Å². The van der Waals surface area contributed by atoms with Crippen molar-refractivity contribution in [1.82, 2.24) is 15.3 Å². The number of likely N-dealkylation sites (N-methyl/N-ethyl adjacent to an activating group) is 1. The number of furan rings is 2. The number of ether oxygens (including phenoxy) is 3. The Morgan fingerprint density at radius 2 is 1.87 bits per heavy atom. The van der Waals surface area contributed by atoms with Crippen LogP contribution in [0.4, 0.5) is 5.82 Å². The molecule has 0 aliphatic heterocycles. The molecule has 4 aromatic rings. The van der Waals surface area contributed by atoms with E-state index in [9.17, 15) is 4.79 Å². The molecule has 0 atom stereocenters. The number of carbonyl (C=O) groups is 1. The van der Waals surface area contributed by atoms with E-state index in [1.54, 1.807) is 51.9 Å². The van der Waals surface area contributed by atoms with Crippen molar-refractivity contribution in [2.75, 3.05) is 39.8 Å². The summed E-state index contributed by atoms with van der Waals surface area (Å²) in [5.41, 5.74) is 1.91. The van der Waals surface area contributed by atoms with Gasteiger partial charge in [0.2, 0.25) is 0 Å². The summed E-state index contributed by atoms with van der Waals surface area (Å²) in [6, 6.07) is 14.9. The Morgan fingerprint density at radius 1 is 1.03 bits per heavy atom. The Bertz CT molecular complexity index is 1360. The van der Waals surface area contributed by atoms with Gasteiger partial charge in [0.1, 0.15) is 17.3 Å². The lowest BCUT2D eigenvalue weighted by molar-refractivity contribution is 0.0919. The minimum atomic E-state index is -0.306. The van der Waals surface area contributed by atoms with E-state index in [0.717, 1.165) is 30.0 Å². The van der Waals surface area contributed by atoms with Gasteiger partial charge in [0, 0.05) is 26.8 Å². The molecule has 1 amide bonds. The third-order valence-corrected chi connectivity index (χ3v) is 6.71. The van der Waals surface area contributed by atoms with Gasteiger partial charge < -0.3 is 33.3 Å². The van der Waals surface area contributed by atoms with Gasteiger partial charge in [-0.25, -0.2) is 9.97 Å². The zero-order chi connectivity index (χ0) is 27.6. The maximum absolute atomic E-state index is 12.4. The number of carbonyl (C=O) groups excluding carboxylic acids is 1. The number of methoxy groups -OCH3 is 3. The third-order valence-electron chi connectivity index (χ3n) is 5.84. The lowest BCUT2D eigenvalue weighted by Gasteiger charge is -2.20. The molecule has 11 heteroatoms. The van der Waals surface area contributed by atoms with Gasteiger partial charge >= 0.3 is 0 Å². The SMILES string of the molecule is COCc1cc(N(C)CCc2ccc(OC)c(OC)c2)nc(SCc2ccc(C(=O)NCc3ccco3)o2)n1. The molecule has 39 heavy (non-hydrogen) atoms. The highest BCUT2D eigenvalue weighted by atomic mass is 32.2. The molecule has 4 rings (SSSR count). The molecule has 0 saturated heterocycles. The van der Waals surface area contributed by atoms with Crippen molar-refractivity contribution in [3.8, 4) is 11.5 Å². The fraction of sp³-hybridized carbons (Fsp3) is 0.321. The predicted molar refractivity (Wildman–Crippen MR) is 147 cm³/mol. The summed E-state index contributed by atoms with van der Waals surface area (Å²) >= 11 is 1.43. The predicted octanol–water partition coefficient (Wildman–Crippen LogP) is 4.73. The lowest BCUT2D eigenvalue weighted by Crippen LogP contribution is -2.22. The van der Waals surface area contributed by atoms with Gasteiger partial charge in [0.05, 0.1) is 45.1 Å². The van der Waals surface area contributed by atoms with Gasteiger partial charge in [0.15, 0.2) is 22.4 Å². The Kier molecular flexibility index (Phi) is 9.87. The van der Waals surface area contributed by atoms with Crippen LogP contribution in [-0.4, -0.2) is 50.8 Å². The molecule has 0 fully saturated rings. The van der Waals surface area contributed by atoms with Gasteiger partial charge in [0.25, 0.3) is 5.91 Å². The highest BCUT2D eigenvalue weighted by Gasteiger charge is 2.14. The van der Waals surface area contributed by atoms with Crippen molar-refractivity contribution in [3.05, 3.63) is 83.3 Å². The zero-order valence-electron chi connectivity index (χ0n) is 22.4. The number of nitrogens with zero attached hydrogens (tertiary/aromatic N) is 3. The van der Waals surface area contributed by atoms with Crippen LogP contribution in [0.3, 0.4) is 0 Å². The van der Waals surface area contributed by atoms with Crippen molar-refractivity contribution >= 4 is 23.5 Å². The van der Waals surface area contributed by atoms with Gasteiger partial charge in [-0.15, -0.1) is 0 Å². The lowest BCUT2D eigenvalue weighted by atomic mass is 10.1. The van der Waals surface area contributed by atoms with E-state index in [0.29, 0.717) is 47.1 Å². The smallest absolute Gasteiger partial charge is 0.287 e. The van der Waals surface area contributed by atoms with Gasteiger partial charge in [-0.1, -0.05) is 17.8 Å². The highest BCUT2D eigenvalue weighted by Crippen LogP contribution is 2.28. The molecular weight excluding hydrogens is 520 g/mol. The molecule has 10 nitrogen and oxygen atoms in total. The molecule has 0 aliphatic carbocycles. The molecule has 3 aromatic heterocycles. The number of nitrogens with one attached hydrogen (secondary N) is 1.